The van der Waals surface area contributed by atoms with Gasteiger partial charge in [0.15, 0.2) is 15.9 Å². The van der Waals surface area contributed by atoms with Gasteiger partial charge in [-0.1, -0.05) is 6.07 Å². The Morgan fingerprint density at radius 3 is 2.58 bits per heavy atom. The normalized spacial score (nSPS) is 20.4. The number of phenolic OH excluding ortho intramolecular Hbond substituents is 1. The molecule has 1 heterocycles. The Bertz CT molecular complexity index is 758. The molecule has 2 atom stereocenters. The van der Waals surface area contributed by atoms with Gasteiger partial charge >= 0.3 is 5.97 Å². The van der Waals surface area contributed by atoms with E-state index in [1.54, 1.807) is 13.0 Å². The molecule has 1 fully saturated rings. The molecule has 0 radical (unpaired) electrons. The van der Waals surface area contributed by atoms with Crippen molar-refractivity contribution in [2.24, 2.45) is 0 Å². The van der Waals surface area contributed by atoms with Gasteiger partial charge in [-0.15, -0.1) is 0 Å². The molecule has 2 rings (SSSR count). The molecule has 24 heavy (non-hydrogen) atoms. The van der Waals surface area contributed by atoms with Crippen LogP contribution in [0.4, 0.5) is 0 Å². The van der Waals surface area contributed by atoms with Gasteiger partial charge in [-0.2, -0.15) is 0 Å². The lowest BCUT2D eigenvalue weighted by molar-refractivity contribution is -0.140. The van der Waals surface area contributed by atoms with Crippen LogP contribution in [0, 0.1) is 6.92 Å². The summed E-state index contributed by atoms with van der Waals surface area (Å²) in [4.78, 5) is 25.7. The van der Waals surface area contributed by atoms with Gasteiger partial charge in [-0.3, -0.25) is 4.79 Å². The van der Waals surface area contributed by atoms with Crippen molar-refractivity contribution in [3.8, 4) is 5.75 Å². The SMILES string of the molecule is Cc1ccc(C(=O)O[C@@H](C)C(=O)N(C)[C@@H]2CCS(=O)(=O)C2)c(O)c1. The maximum Gasteiger partial charge on any atom is 0.342 e. The Balaban J connectivity index is 2.02. The summed E-state index contributed by atoms with van der Waals surface area (Å²) in [6.45, 7) is 3.19. The Labute approximate surface area is 141 Å². The summed E-state index contributed by atoms with van der Waals surface area (Å²) >= 11 is 0. The highest BCUT2D eigenvalue weighted by atomic mass is 32.2. The van der Waals surface area contributed by atoms with Crippen molar-refractivity contribution >= 4 is 21.7 Å². The number of benzene rings is 1. The third kappa shape index (κ3) is 4.05. The number of phenols is 1. The quantitative estimate of drug-likeness (QED) is 0.805. The number of ether oxygens (including phenoxy) is 1. The number of carbonyl (C=O) groups excluding carboxylic acids is 2. The Hall–Kier alpha value is -2.09. The molecule has 1 aliphatic heterocycles. The first-order valence-corrected chi connectivity index (χ1v) is 9.40. The molecule has 0 aliphatic carbocycles. The van der Waals surface area contributed by atoms with E-state index in [-0.39, 0.29) is 22.8 Å². The van der Waals surface area contributed by atoms with Gasteiger partial charge in [-0.05, 0) is 38.0 Å². The number of amides is 1. The van der Waals surface area contributed by atoms with Crippen LogP contribution in [0.5, 0.6) is 5.75 Å². The largest absolute Gasteiger partial charge is 0.507 e. The number of hydrogen-bond donors (Lipinski definition) is 1. The minimum Gasteiger partial charge on any atom is -0.507 e. The monoisotopic (exact) mass is 355 g/mol. The van der Waals surface area contributed by atoms with Crippen molar-refractivity contribution in [1.29, 1.82) is 0 Å². The van der Waals surface area contributed by atoms with E-state index in [1.165, 1.54) is 31.0 Å². The average molecular weight is 355 g/mol. The zero-order chi connectivity index (χ0) is 18.1. The lowest BCUT2D eigenvalue weighted by Crippen LogP contribution is -2.44. The van der Waals surface area contributed by atoms with Gasteiger partial charge in [0.05, 0.1) is 11.5 Å². The molecule has 1 N–H and O–H groups in total. The van der Waals surface area contributed by atoms with Crippen LogP contribution < -0.4 is 0 Å². The molecular weight excluding hydrogens is 334 g/mol. The molecule has 0 aromatic heterocycles. The number of nitrogens with zero attached hydrogens (tertiary/aromatic N) is 1. The van der Waals surface area contributed by atoms with Gasteiger partial charge in [0.25, 0.3) is 5.91 Å². The summed E-state index contributed by atoms with van der Waals surface area (Å²) < 4.78 is 28.1. The minimum absolute atomic E-state index is 0.0219. The number of hydrogen-bond acceptors (Lipinski definition) is 6. The van der Waals surface area contributed by atoms with Crippen LogP contribution in [0.25, 0.3) is 0 Å². The second kappa shape index (κ2) is 6.80. The Morgan fingerprint density at radius 2 is 2.04 bits per heavy atom. The second-order valence-electron chi connectivity index (χ2n) is 6.07. The molecule has 0 unspecified atom stereocenters. The standard InChI is InChI=1S/C16H21NO6S/c1-10-4-5-13(14(18)8-10)16(20)23-11(2)15(19)17(3)12-6-7-24(21,22)9-12/h4-5,8,11-12,18H,6-7,9H2,1-3H3/t11-,12+/m0/s1. The van der Waals surface area contributed by atoms with Gasteiger partial charge < -0.3 is 14.7 Å². The fraction of sp³-hybridized carbons (Fsp3) is 0.500. The number of likely N-dealkylation sites (N-methyl/N-ethyl adjacent to an activating group) is 1. The maximum absolute atomic E-state index is 12.3. The summed E-state index contributed by atoms with van der Waals surface area (Å²) in [5.41, 5.74) is 0.765. The van der Waals surface area contributed by atoms with Crippen LogP contribution >= 0.6 is 0 Å². The third-order valence-corrected chi connectivity index (χ3v) is 5.86. The van der Waals surface area contributed by atoms with E-state index in [9.17, 15) is 23.1 Å². The highest BCUT2D eigenvalue weighted by Gasteiger charge is 2.35. The number of aryl methyl sites for hydroxylation is 1. The fourth-order valence-corrected chi connectivity index (χ4v) is 4.41. The first-order valence-electron chi connectivity index (χ1n) is 7.58. The highest BCUT2D eigenvalue weighted by Crippen LogP contribution is 2.21. The summed E-state index contributed by atoms with van der Waals surface area (Å²) in [5, 5.41) is 9.79. The van der Waals surface area contributed by atoms with Crippen molar-refractivity contribution < 1.29 is 27.9 Å². The van der Waals surface area contributed by atoms with Gasteiger partial charge in [-0.25, -0.2) is 13.2 Å². The molecule has 1 aromatic carbocycles. The van der Waals surface area contributed by atoms with E-state index in [4.69, 9.17) is 4.74 Å². The molecule has 1 aliphatic rings. The van der Waals surface area contributed by atoms with Gasteiger partial charge in [0.2, 0.25) is 0 Å². The maximum atomic E-state index is 12.3. The van der Waals surface area contributed by atoms with Crippen LogP contribution in [0.3, 0.4) is 0 Å². The predicted molar refractivity (Wildman–Crippen MR) is 87.6 cm³/mol. The van der Waals surface area contributed by atoms with E-state index >= 15 is 0 Å². The van der Waals surface area contributed by atoms with Crippen molar-refractivity contribution in [3.63, 3.8) is 0 Å². The molecule has 1 amide bonds. The van der Waals surface area contributed by atoms with Crippen molar-refractivity contribution in [2.75, 3.05) is 18.6 Å². The first-order chi connectivity index (χ1) is 11.1. The molecule has 0 bridgehead atoms. The van der Waals surface area contributed by atoms with Crippen molar-refractivity contribution in [2.45, 2.75) is 32.4 Å². The van der Waals surface area contributed by atoms with Crippen LogP contribution in [0.15, 0.2) is 18.2 Å². The highest BCUT2D eigenvalue weighted by molar-refractivity contribution is 7.91. The van der Waals surface area contributed by atoms with Crippen LogP contribution in [-0.2, 0) is 19.4 Å². The third-order valence-electron chi connectivity index (χ3n) is 4.11. The predicted octanol–water partition coefficient (Wildman–Crippen LogP) is 0.891. The number of esters is 1. The Morgan fingerprint density at radius 1 is 1.38 bits per heavy atom. The molecule has 1 aromatic rings. The molecule has 0 saturated carbocycles. The zero-order valence-electron chi connectivity index (χ0n) is 13.9. The number of carbonyl (C=O) groups is 2. The number of rotatable bonds is 4. The Kier molecular flexibility index (Phi) is 5.17. The van der Waals surface area contributed by atoms with Crippen molar-refractivity contribution in [1.82, 2.24) is 4.90 Å². The topological polar surface area (TPSA) is 101 Å². The van der Waals surface area contributed by atoms with Crippen LogP contribution in [-0.4, -0.2) is 61.0 Å². The van der Waals surface area contributed by atoms with Crippen LogP contribution in [0.2, 0.25) is 0 Å². The van der Waals surface area contributed by atoms with E-state index in [0.29, 0.717) is 6.42 Å². The first kappa shape index (κ1) is 18.3. The minimum atomic E-state index is -3.11. The van der Waals surface area contributed by atoms with Crippen LogP contribution in [0.1, 0.15) is 29.3 Å². The van der Waals surface area contributed by atoms with E-state index in [2.05, 4.69) is 0 Å². The lowest BCUT2D eigenvalue weighted by Gasteiger charge is -2.26. The second-order valence-corrected chi connectivity index (χ2v) is 8.30. The number of sulfone groups is 1. The molecule has 132 valence electrons. The lowest BCUT2D eigenvalue weighted by atomic mass is 10.1. The molecular formula is C16H21NO6S. The van der Waals surface area contributed by atoms with E-state index < -0.39 is 33.9 Å². The van der Waals surface area contributed by atoms with Gasteiger partial charge in [0, 0.05) is 13.1 Å². The number of aromatic hydroxyl groups is 1. The average Bonchev–Trinajstić information content (AvgIpc) is 2.85. The summed E-state index contributed by atoms with van der Waals surface area (Å²) in [6.07, 6.45) is -0.698. The van der Waals surface area contributed by atoms with E-state index in [0.717, 1.165) is 5.56 Å². The molecule has 0 spiro atoms. The zero-order valence-corrected chi connectivity index (χ0v) is 14.7. The smallest absolute Gasteiger partial charge is 0.342 e. The van der Waals surface area contributed by atoms with Gasteiger partial charge in [0.1, 0.15) is 11.3 Å². The fourth-order valence-electron chi connectivity index (χ4n) is 2.64. The molecule has 1 saturated heterocycles. The van der Waals surface area contributed by atoms with Crippen molar-refractivity contribution in [3.05, 3.63) is 29.3 Å². The summed E-state index contributed by atoms with van der Waals surface area (Å²) in [6, 6.07) is 4.10. The molecule has 8 heteroatoms. The molecule has 7 nitrogen and oxygen atoms in total. The van der Waals surface area contributed by atoms with E-state index in [1.807, 2.05) is 0 Å². The summed E-state index contributed by atoms with van der Waals surface area (Å²) in [7, 11) is -1.61. The summed E-state index contributed by atoms with van der Waals surface area (Å²) in [5.74, 6) is -1.51.